The number of methoxy groups -OCH3 is 1. The van der Waals surface area contributed by atoms with Gasteiger partial charge in [-0.25, -0.2) is 19.3 Å². The van der Waals surface area contributed by atoms with Crippen molar-refractivity contribution in [1.29, 1.82) is 0 Å². The fourth-order valence-corrected chi connectivity index (χ4v) is 4.06. The number of carbonyl (C=O) groups is 1. The van der Waals surface area contributed by atoms with Crippen molar-refractivity contribution >= 4 is 17.4 Å². The first kappa shape index (κ1) is 22.4. The number of pyridine rings is 1. The summed E-state index contributed by atoms with van der Waals surface area (Å²) in [5, 5.41) is 6.08. The number of aromatic nitrogens is 3. The van der Waals surface area contributed by atoms with Crippen LogP contribution in [0.1, 0.15) is 37.7 Å². The minimum absolute atomic E-state index is 0.000564. The van der Waals surface area contributed by atoms with E-state index in [0.717, 1.165) is 48.8 Å². The van der Waals surface area contributed by atoms with Gasteiger partial charge in [-0.3, -0.25) is 4.79 Å². The van der Waals surface area contributed by atoms with Crippen molar-refractivity contribution in [1.82, 2.24) is 15.0 Å². The first-order valence-corrected chi connectivity index (χ1v) is 11.7. The zero-order valence-electron chi connectivity index (χ0n) is 19.4. The predicted octanol–water partition coefficient (Wildman–Crippen LogP) is 4.98. The number of hydrogen-bond donors (Lipinski definition) is 2. The monoisotopic (exact) mass is 461 g/mol. The van der Waals surface area contributed by atoms with Crippen LogP contribution in [0.25, 0.3) is 22.6 Å². The second-order valence-electron chi connectivity index (χ2n) is 9.17. The molecule has 0 saturated heterocycles. The number of benzene rings is 1. The fourth-order valence-electron chi connectivity index (χ4n) is 4.06. The largest absolute Gasteiger partial charge is 0.383 e. The number of anilines is 2. The summed E-state index contributed by atoms with van der Waals surface area (Å²) in [6, 6.07) is 8.72. The van der Waals surface area contributed by atoms with Crippen LogP contribution in [0, 0.1) is 18.7 Å². The smallest absolute Gasteiger partial charge is 0.228 e. The lowest BCUT2D eigenvalue weighted by atomic mass is 10.0. The van der Waals surface area contributed by atoms with E-state index in [-0.39, 0.29) is 23.2 Å². The molecule has 2 N–H and O–H groups in total. The van der Waals surface area contributed by atoms with Crippen LogP contribution in [-0.2, 0) is 9.53 Å². The summed E-state index contributed by atoms with van der Waals surface area (Å²) in [5.41, 5.74) is 3.46. The lowest BCUT2D eigenvalue weighted by Gasteiger charge is -2.16. The van der Waals surface area contributed by atoms with Crippen molar-refractivity contribution < 1.29 is 13.9 Å². The summed E-state index contributed by atoms with van der Waals surface area (Å²) in [6.45, 7) is 2.50. The number of nitrogens with zero attached hydrogens (tertiary/aromatic N) is 3. The van der Waals surface area contributed by atoms with Gasteiger partial charge in [0.25, 0.3) is 0 Å². The molecule has 0 unspecified atom stereocenters. The van der Waals surface area contributed by atoms with Crippen molar-refractivity contribution in [2.75, 3.05) is 24.3 Å². The first-order chi connectivity index (χ1) is 16.5. The van der Waals surface area contributed by atoms with Gasteiger partial charge in [0.1, 0.15) is 11.6 Å². The van der Waals surface area contributed by atoms with Crippen molar-refractivity contribution in [3.63, 3.8) is 0 Å². The second kappa shape index (κ2) is 9.10. The summed E-state index contributed by atoms with van der Waals surface area (Å²) in [5.74, 6) is 0.800. The Kier molecular flexibility index (Phi) is 6.00. The molecule has 2 aliphatic rings. The highest BCUT2D eigenvalue weighted by atomic mass is 19.1. The minimum atomic E-state index is -0.289. The van der Waals surface area contributed by atoms with E-state index in [1.807, 2.05) is 13.0 Å². The van der Waals surface area contributed by atoms with Gasteiger partial charge in [0.05, 0.1) is 17.0 Å². The second-order valence-corrected chi connectivity index (χ2v) is 9.17. The Balaban J connectivity index is 1.37. The molecule has 176 valence electrons. The maximum absolute atomic E-state index is 14.6. The first-order valence-electron chi connectivity index (χ1n) is 11.7. The molecule has 2 aliphatic carbocycles. The lowest BCUT2D eigenvalue weighted by molar-refractivity contribution is -0.117. The van der Waals surface area contributed by atoms with Crippen LogP contribution in [0.4, 0.5) is 15.9 Å². The van der Waals surface area contributed by atoms with E-state index in [4.69, 9.17) is 9.72 Å². The van der Waals surface area contributed by atoms with Crippen LogP contribution in [0.15, 0.2) is 42.7 Å². The van der Waals surface area contributed by atoms with Gasteiger partial charge in [-0.05, 0) is 74.9 Å². The van der Waals surface area contributed by atoms with E-state index in [1.54, 1.807) is 37.7 Å². The Hall–Kier alpha value is -3.39. The number of ether oxygens (including phenoxy) is 1. The van der Waals surface area contributed by atoms with E-state index < -0.39 is 0 Å². The van der Waals surface area contributed by atoms with Crippen LogP contribution < -0.4 is 10.6 Å². The van der Waals surface area contributed by atoms with E-state index >= 15 is 0 Å². The number of halogens is 1. The van der Waals surface area contributed by atoms with Crippen molar-refractivity contribution in [3.8, 4) is 22.6 Å². The molecule has 0 radical (unpaired) electrons. The molecule has 7 nitrogen and oxygen atoms in total. The van der Waals surface area contributed by atoms with E-state index in [0.29, 0.717) is 29.6 Å². The third kappa shape index (κ3) is 4.92. The Morgan fingerprint density at radius 1 is 1.18 bits per heavy atom. The van der Waals surface area contributed by atoms with E-state index in [2.05, 4.69) is 20.6 Å². The molecule has 3 aromatic rings. The molecule has 0 aliphatic heterocycles. The summed E-state index contributed by atoms with van der Waals surface area (Å²) in [6.07, 6.45) is 8.12. The number of hydrogen-bond acceptors (Lipinski definition) is 6. The zero-order valence-corrected chi connectivity index (χ0v) is 19.4. The number of nitrogens with one attached hydrogen (secondary N) is 2. The van der Waals surface area contributed by atoms with Crippen molar-refractivity contribution in [2.45, 2.75) is 44.6 Å². The molecule has 34 heavy (non-hydrogen) atoms. The molecule has 2 aromatic heterocycles. The zero-order chi connectivity index (χ0) is 23.7. The summed E-state index contributed by atoms with van der Waals surface area (Å²) >= 11 is 0. The molecular weight excluding hydrogens is 433 g/mol. The topological polar surface area (TPSA) is 89.0 Å². The summed E-state index contributed by atoms with van der Waals surface area (Å²) < 4.78 is 20.2. The Labute approximate surface area is 198 Å². The minimum Gasteiger partial charge on any atom is -0.383 e. The lowest BCUT2D eigenvalue weighted by Crippen LogP contribution is -2.17. The molecule has 5 rings (SSSR count). The van der Waals surface area contributed by atoms with Gasteiger partial charge in [-0.15, -0.1) is 0 Å². The third-order valence-electron chi connectivity index (χ3n) is 6.60. The van der Waals surface area contributed by atoms with Gasteiger partial charge in [-0.1, -0.05) is 0 Å². The highest BCUT2D eigenvalue weighted by Crippen LogP contribution is 2.42. The Morgan fingerprint density at radius 2 is 1.97 bits per heavy atom. The molecule has 1 aromatic carbocycles. The van der Waals surface area contributed by atoms with E-state index in [9.17, 15) is 9.18 Å². The standard InChI is InChI=1S/C26H28FN5O2/c1-16-13-20(27)22(28-12-9-26(34-2)7-8-26)15-19(16)21-6-11-30-24(31-21)18-5-10-29-23(14-18)32-25(33)17-3-4-17/h5-6,10-11,13-15,17,28H,3-4,7-9,12H2,1-2H3,(H,29,32,33). The predicted molar refractivity (Wildman–Crippen MR) is 129 cm³/mol. The summed E-state index contributed by atoms with van der Waals surface area (Å²) in [4.78, 5) is 25.5. The average Bonchev–Trinajstić information content (AvgIpc) is 3.76. The van der Waals surface area contributed by atoms with Crippen LogP contribution in [0.3, 0.4) is 0 Å². The van der Waals surface area contributed by atoms with Crippen LogP contribution >= 0.6 is 0 Å². The Bertz CT molecular complexity index is 1220. The van der Waals surface area contributed by atoms with Gasteiger partial charge in [0, 0.05) is 43.1 Å². The SMILES string of the molecule is COC1(CCNc2cc(-c3ccnc(-c4ccnc(NC(=O)C5CC5)c4)n3)c(C)cc2F)CC1. The number of aryl methyl sites for hydroxylation is 1. The van der Waals surface area contributed by atoms with E-state index in [1.165, 1.54) is 6.07 Å². The maximum Gasteiger partial charge on any atom is 0.228 e. The highest BCUT2D eigenvalue weighted by Gasteiger charge is 2.42. The molecule has 0 spiro atoms. The average molecular weight is 462 g/mol. The molecular formula is C26H28FN5O2. The molecule has 8 heteroatoms. The Morgan fingerprint density at radius 3 is 2.71 bits per heavy atom. The third-order valence-corrected chi connectivity index (χ3v) is 6.60. The molecule has 0 atom stereocenters. The van der Waals surface area contributed by atoms with Gasteiger partial charge in [0.2, 0.25) is 5.91 Å². The molecule has 2 heterocycles. The molecule has 2 fully saturated rings. The van der Waals surface area contributed by atoms with Crippen LogP contribution in [0.2, 0.25) is 0 Å². The number of amides is 1. The summed E-state index contributed by atoms with van der Waals surface area (Å²) in [7, 11) is 1.73. The van der Waals surface area contributed by atoms with Gasteiger partial charge in [-0.2, -0.15) is 0 Å². The normalized spacial score (nSPS) is 16.2. The fraction of sp³-hybridized carbons (Fsp3) is 0.385. The quantitative estimate of drug-likeness (QED) is 0.467. The van der Waals surface area contributed by atoms with Gasteiger partial charge < -0.3 is 15.4 Å². The van der Waals surface area contributed by atoms with Crippen LogP contribution in [0.5, 0.6) is 0 Å². The van der Waals surface area contributed by atoms with Gasteiger partial charge in [0.15, 0.2) is 5.82 Å². The highest BCUT2D eigenvalue weighted by molar-refractivity contribution is 5.93. The molecule has 2 saturated carbocycles. The number of carbonyl (C=O) groups excluding carboxylic acids is 1. The number of rotatable bonds is 9. The molecule has 0 bridgehead atoms. The van der Waals surface area contributed by atoms with Crippen molar-refractivity contribution in [2.24, 2.45) is 5.92 Å². The van der Waals surface area contributed by atoms with Crippen molar-refractivity contribution in [3.05, 3.63) is 54.1 Å². The van der Waals surface area contributed by atoms with Crippen LogP contribution in [-0.4, -0.2) is 40.1 Å². The molecule has 1 amide bonds. The van der Waals surface area contributed by atoms with Gasteiger partial charge >= 0.3 is 0 Å². The maximum atomic E-state index is 14.6.